The standard InChI is InChI=1S/C12H21N3O2/c1-10(2)15-4-3-13-12(15)7-14-5-6-17-9-11(14)8-16/h3-4,10-11,16H,5-9H2,1-2H3/t11-/m1/s1. The average molecular weight is 239 g/mol. The van der Waals surface area contributed by atoms with Crippen LogP contribution in [0.3, 0.4) is 0 Å². The van der Waals surface area contributed by atoms with Gasteiger partial charge < -0.3 is 14.4 Å². The first-order chi connectivity index (χ1) is 8.22. The number of ether oxygens (including phenoxy) is 1. The molecular formula is C12H21N3O2. The number of hydrogen-bond donors (Lipinski definition) is 1. The summed E-state index contributed by atoms with van der Waals surface area (Å²) in [6, 6.07) is 0.516. The van der Waals surface area contributed by atoms with E-state index in [1.807, 2.05) is 12.4 Å². The molecule has 0 radical (unpaired) electrons. The summed E-state index contributed by atoms with van der Waals surface area (Å²) in [5, 5.41) is 9.32. The van der Waals surface area contributed by atoms with Crippen molar-refractivity contribution in [3.05, 3.63) is 18.2 Å². The van der Waals surface area contributed by atoms with Gasteiger partial charge in [0.25, 0.3) is 0 Å². The summed E-state index contributed by atoms with van der Waals surface area (Å²) in [4.78, 5) is 6.64. The molecule has 17 heavy (non-hydrogen) atoms. The minimum absolute atomic E-state index is 0.0982. The van der Waals surface area contributed by atoms with Gasteiger partial charge in [-0.15, -0.1) is 0 Å². The zero-order chi connectivity index (χ0) is 12.3. The van der Waals surface area contributed by atoms with Crippen LogP contribution in [-0.4, -0.2) is 52.0 Å². The summed E-state index contributed by atoms with van der Waals surface area (Å²) in [6.07, 6.45) is 3.85. The van der Waals surface area contributed by atoms with Gasteiger partial charge in [0, 0.05) is 25.0 Å². The Morgan fingerprint density at radius 2 is 2.41 bits per heavy atom. The number of aliphatic hydroxyl groups is 1. The minimum Gasteiger partial charge on any atom is -0.395 e. The van der Waals surface area contributed by atoms with Crippen LogP contribution in [0.2, 0.25) is 0 Å². The Morgan fingerprint density at radius 1 is 1.59 bits per heavy atom. The lowest BCUT2D eigenvalue weighted by atomic mass is 10.2. The van der Waals surface area contributed by atoms with Crippen LogP contribution in [0.4, 0.5) is 0 Å². The molecule has 2 heterocycles. The summed E-state index contributed by atoms with van der Waals surface area (Å²) in [6.45, 7) is 7.41. The predicted molar refractivity (Wildman–Crippen MR) is 64.7 cm³/mol. The second-order valence-corrected chi connectivity index (χ2v) is 4.73. The van der Waals surface area contributed by atoms with Gasteiger partial charge >= 0.3 is 0 Å². The molecule has 1 aromatic heterocycles. The van der Waals surface area contributed by atoms with E-state index in [1.54, 1.807) is 0 Å². The van der Waals surface area contributed by atoms with E-state index in [0.29, 0.717) is 12.6 Å². The highest BCUT2D eigenvalue weighted by Crippen LogP contribution is 2.14. The third-order valence-corrected chi connectivity index (χ3v) is 3.21. The second kappa shape index (κ2) is 5.62. The van der Waals surface area contributed by atoms with Crippen LogP contribution in [0.25, 0.3) is 0 Å². The largest absolute Gasteiger partial charge is 0.395 e. The third-order valence-electron chi connectivity index (χ3n) is 3.21. The van der Waals surface area contributed by atoms with Crippen molar-refractivity contribution in [1.29, 1.82) is 0 Å². The van der Waals surface area contributed by atoms with Crippen molar-refractivity contribution >= 4 is 0 Å². The Labute approximate surface area is 102 Å². The van der Waals surface area contributed by atoms with Crippen LogP contribution in [0, 0.1) is 0 Å². The van der Waals surface area contributed by atoms with Gasteiger partial charge in [-0.05, 0) is 13.8 Å². The number of nitrogens with zero attached hydrogens (tertiary/aromatic N) is 3. The number of aromatic nitrogens is 2. The molecule has 1 saturated heterocycles. The van der Waals surface area contributed by atoms with E-state index in [2.05, 4.69) is 28.3 Å². The number of aliphatic hydroxyl groups excluding tert-OH is 1. The molecule has 0 spiro atoms. The quantitative estimate of drug-likeness (QED) is 0.838. The van der Waals surface area contributed by atoms with Crippen LogP contribution in [-0.2, 0) is 11.3 Å². The number of morpholine rings is 1. The topological polar surface area (TPSA) is 50.5 Å². The summed E-state index contributed by atoms with van der Waals surface area (Å²) >= 11 is 0. The Balaban J connectivity index is 2.05. The molecule has 1 aromatic rings. The highest BCUT2D eigenvalue weighted by molar-refractivity contribution is 4.95. The number of hydrogen-bond acceptors (Lipinski definition) is 4. The van der Waals surface area contributed by atoms with E-state index in [4.69, 9.17) is 4.74 Å². The maximum absolute atomic E-state index is 9.32. The Hall–Kier alpha value is -0.910. The summed E-state index contributed by atoms with van der Waals surface area (Å²) in [5.41, 5.74) is 0. The summed E-state index contributed by atoms with van der Waals surface area (Å²) in [7, 11) is 0. The molecule has 1 fully saturated rings. The smallest absolute Gasteiger partial charge is 0.123 e. The zero-order valence-corrected chi connectivity index (χ0v) is 10.5. The predicted octanol–water partition coefficient (Wildman–Crippen LogP) is 0.657. The van der Waals surface area contributed by atoms with E-state index in [9.17, 15) is 5.11 Å². The maximum Gasteiger partial charge on any atom is 0.123 e. The monoisotopic (exact) mass is 239 g/mol. The second-order valence-electron chi connectivity index (χ2n) is 4.73. The number of imidazole rings is 1. The zero-order valence-electron chi connectivity index (χ0n) is 10.5. The fourth-order valence-electron chi connectivity index (χ4n) is 2.18. The molecule has 0 aliphatic carbocycles. The normalized spacial score (nSPS) is 22.2. The first kappa shape index (κ1) is 12.5. The van der Waals surface area contributed by atoms with Crippen molar-refractivity contribution in [3.8, 4) is 0 Å². The van der Waals surface area contributed by atoms with Gasteiger partial charge in [0.1, 0.15) is 5.82 Å². The number of rotatable bonds is 4. The van der Waals surface area contributed by atoms with Crippen LogP contribution in [0.15, 0.2) is 12.4 Å². The summed E-state index contributed by atoms with van der Waals surface area (Å²) < 4.78 is 7.54. The van der Waals surface area contributed by atoms with Gasteiger partial charge in [-0.2, -0.15) is 0 Å². The van der Waals surface area contributed by atoms with Crippen LogP contribution < -0.4 is 0 Å². The molecule has 1 aliphatic rings. The van der Waals surface area contributed by atoms with Gasteiger partial charge in [0.2, 0.25) is 0 Å². The van der Waals surface area contributed by atoms with Crippen LogP contribution >= 0.6 is 0 Å². The van der Waals surface area contributed by atoms with Crippen molar-refractivity contribution in [1.82, 2.24) is 14.5 Å². The van der Waals surface area contributed by atoms with E-state index in [0.717, 1.165) is 25.5 Å². The molecule has 0 saturated carbocycles. The highest BCUT2D eigenvalue weighted by atomic mass is 16.5. The molecule has 0 aromatic carbocycles. The van der Waals surface area contributed by atoms with Crippen LogP contribution in [0.1, 0.15) is 25.7 Å². The van der Waals surface area contributed by atoms with E-state index in [1.165, 1.54) is 0 Å². The first-order valence-corrected chi connectivity index (χ1v) is 6.16. The van der Waals surface area contributed by atoms with Crippen molar-refractivity contribution in [2.45, 2.75) is 32.5 Å². The van der Waals surface area contributed by atoms with Crippen molar-refractivity contribution in [3.63, 3.8) is 0 Å². The summed E-state index contributed by atoms with van der Waals surface area (Å²) in [5.74, 6) is 1.06. The molecule has 1 atom stereocenters. The molecule has 0 unspecified atom stereocenters. The van der Waals surface area contributed by atoms with Gasteiger partial charge in [-0.25, -0.2) is 4.98 Å². The molecule has 0 amide bonds. The molecule has 96 valence electrons. The molecule has 1 N–H and O–H groups in total. The lowest BCUT2D eigenvalue weighted by Crippen LogP contribution is -2.47. The molecular weight excluding hydrogens is 218 g/mol. The Morgan fingerprint density at radius 3 is 3.12 bits per heavy atom. The van der Waals surface area contributed by atoms with Gasteiger partial charge in [0.15, 0.2) is 0 Å². The highest BCUT2D eigenvalue weighted by Gasteiger charge is 2.23. The lowest BCUT2D eigenvalue weighted by Gasteiger charge is -2.34. The fraction of sp³-hybridized carbons (Fsp3) is 0.750. The molecule has 0 bridgehead atoms. The molecule has 5 heteroatoms. The molecule has 1 aliphatic heterocycles. The fourth-order valence-corrected chi connectivity index (χ4v) is 2.18. The van der Waals surface area contributed by atoms with E-state index < -0.39 is 0 Å². The molecule has 2 rings (SSSR count). The first-order valence-electron chi connectivity index (χ1n) is 6.16. The van der Waals surface area contributed by atoms with Crippen molar-refractivity contribution < 1.29 is 9.84 Å². The van der Waals surface area contributed by atoms with Gasteiger partial charge in [0.05, 0.1) is 32.4 Å². The Bertz CT molecular complexity index is 351. The minimum atomic E-state index is 0.0982. The van der Waals surface area contributed by atoms with E-state index in [-0.39, 0.29) is 12.6 Å². The maximum atomic E-state index is 9.32. The lowest BCUT2D eigenvalue weighted by molar-refractivity contribution is -0.0327. The Kier molecular flexibility index (Phi) is 4.15. The van der Waals surface area contributed by atoms with Crippen molar-refractivity contribution in [2.24, 2.45) is 0 Å². The average Bonchev–Trinajstić information content (AvgIpc) is 2.78. The third kappa shape index (κ3) is 2.86. The SMILES string of the molecule is CC(C)n1ccnc1CN1CCOC[C@H]1CO. The van der Waals surface area contributed by atoms with Crippen LogP contribution in [0.5, 0.6) is 0 Å². The van der Waals surface area contributed by atoms with Crippen molar-refractivity contribution in [2.75, 3.05) is 26.4 Å². The van der Waals surface area contributed by atoms with E-state index >= 15 is 0 Å². The molecule has 5 nitrogen and oxygen atoms in total. The van der Waals surface area contributed by atoms with Gasteiger partial charge in [-0.1, -0.05) is 0 Å². The van der Waals surface area contributed by atoms with Gasteiger partial charge in [-0.3, -0.25) is 4.90 Å².